The topological polar surface area (TPSA) is 72.0 Å². The number of carbonyl (C=O) groups excluding carboxylic acids is 2. The lowest BCUT2D eigenvalue weighted by atomic mass is 10.0. The van der Waals surface area contributed by atoms with Crippen molar-refractivity contribution in [2.24, 2.45) is 0 Å². The molecule has 0 aliphatic heterocycles. The van der Waals surface area contributed by atoms with Gasteiger partial charge in [0.25, 0.3) is 0 Å². The first-order valence-electron chi connectivity index (χ1n) is 8.15. The molecule has 0 aliphatic carbocycles. The number of benzene rings is 1. The van der Waals surface area contributed by atoms with Crippen molar-refractivity contribution in [3.05, 3.63) is 52.8 Å². The Kier molecular flexibility index (Phi) is 6.70. The third-order valence-corrected chi connectivity index (χ3v) is 4.90. The Balaban J connectivity index is 1.94. The fraction of sp³-hybridized carbons (Fsp3) is 0.368. The summed E-state index contributed by atoms with van der Waals surface area (Å²) in [5, 5.41) is 3.39. The molecule has 0 unspecified atom stereocenters. The van der Waals surface area contributed by atoms with E-state index in [0.29, 0.717) is 11.6 Å². The van der Waals surface area contributed by atoms with Gasteiger partial charge in [-0.05, 0) is 45.2 Å². The summed E-state index contributed by atoms with van der Waals surface area (Å²) in [6.45, 7) is 7.34. The molecule has 6 heteroatoms. The molecule has 0 spiro atoms. The van der Waals surface area contributed by atoms with E-state index in [0.717, 1.165) is 22.5 Å². The normalized spacial score (nSPS) is 11.8. The Morgan fingerprint density at radius 2 is 1.68 bits per heavy atom. The summed E-state index contributed by atoms with van der Waals surface area (Å²) in [7, 11) is 0. The standard InChI is InChI=1S/C19H23N3O2S/c1-12-13(2)20-19(21-14(12)3)25-11-18(24)22-17(15(4)23)10-16-8-6-5-7-9-16/h5-9,17H,10-11H2,1-4H3,(H,22,24)/t17-/m0/s1. The average Bonchev–Trinajstić information content (AvgIpc) is 2.58. The SMILES string of the molecule is CC(=O)[C@H](Cc1ccccc1)NC(=O)CSc1nc(C)c(C)c(C)n1. The summed E-state index contributed by atoms with van der Waals surface area (Å²) >= 11 is 1.28. The highest BCUT2D eigenvalue weighted by molar-refractivity contribution is 7.99. The third kappa shape index (κ3) is 5.67. The number of Topliss-reactive ketones (excluding diaryl/α,β-unsaturated/α-hetero) is 1. The van der Waals surface area contributed by atoms with Gasteiger partial charge in [-0.25, -0.2) is 9.97 Å². The van der Waals surface area contributed by atoms with E-state index >= 15 is 0 Å². The van der Waals surface area contributed by atoms with Gasteiger partial charge in [-0.15, -0.1) is 0 Å². The van der Waals surface area contributed by atoms with E-state index in [1.54, 1.807) is 0 Å². The molecule has 1 aromatic carbocycles. The minimum Gasteiger partial charge on any atom is -0.345 e. The van der Waals surface area contributed by atoms with Crippen LogP contribution in [0.3, 0.4) is 0 Å². The van der Waals surface area contributed by atoms with E-state index in [1.165, 1.54) is 18.7 Å². The smallest absolute Gasteiger partial charge is 0.231 e. The lowest BCUT2D eigenvalue weighted by molar-refractivity contribution is -0.125. The number of aromatic nitrogens is 2. The molecule has 1 amide bonds. The molecular formula is C19H23N3O2S. The van der Waals surface area contributed by atoms with Crippen molar-refractivity contribution in [2.75, 3.05) is 5.75 Å². The van der Waals surface area contributed by atoms with E-state index in [4.69, 9.17) is 0 Å². The minimum atomic E-state index is -0.516. The molecule has 0 radical (unpaired) electrons. The molecule has 2 rings (SSSR count). The van der Waals surface area contributed by atoms with E-state index in [2.05, 4.69) is 15.3 Å². The van der Waals surface area contributed by atoms with Crippen molar-refractivity contribution >= 4 is 23.5 Å². The van der Waals surface area contributed by atoms with Gasteiger partial charge in [-0.3, -0.25) is 9.59 Å². The second-order valence-corrected chi connectivity index (χ2v) is 6.95. The minimum absolute atomic E-state index is 0.0551. The van der Waals surface area contributed by atoms with Gasteiger partial charge in [0.15, 0.2) is 10.9 Å². The molecule has 132 valence electrons. The number of ketones is 1. The van der Waals surface area contributed by atoms with Gasteiger partial charge in [-0.1, -0.05) is 42.1 Å². The van der Waals surface area contributed by atoms with Crippen LogP contribution in [0.25, 0.3) is 0 Å². The Morgan fingerprint density at radius 1 is 1.08 bits per heavy atom. The highest BCUT2D eigenvalue weighted by Crippen LogP contribution is 2.17. The molecule has 1 atom stereocenters. The molecule has 0 bridgehead atoms. The summed E-state index contributed by atoms with van der Waals surface area (Å²) in [6.07, 6.45) is 0.492. The Labute approximate surface area is 152 Å². The number of rotatable bonds is 7. The fourth-order valence-corrected chi connectivity index (χ4v) is 3.06. The first-order valence-corrected chi connectivity index (χ1v) is 9.13. The zero-order valence-corrected chi connectivity index (χ0v) is 15.8. The molecule has 1 N–H and O–H groups in total. The van der Waals surface area contributed by atoms with Gasteiger partial charge >= 0.3 is 0 Å². The van der Waals surface area contributed by atoms with Crippen LogP contribution in [0.15, 0.2) is 35.5 Å². The van der Waals surface area contributed by atoms with Crippen LogP contribution in [0.2, 0.25) is 0 Å². The van der Waals surface area contributed by atoms with E-state index in [1.807, 2.05) is 51.1 Å². The van der Waals surface area contributed by atoms with Crippen molar-refractivity contribution in [3.63, 3.8) is 0 Å². The summed E-state index contributed by atoms with van der Waals surface area (Å²) in [5.74, 6) is -0.0679. The number of amides is 1. The largest absolute Gasteiger partial charge is 0.345 e. The quantitative estimate of drug-likeness (QED) is 0.609. The molecule has 1 aromatic heterocycles. The number of aryl methyl sites for hydroxylation is 2. The summed E-state index contributed by atoms with van der Waals surface area (Å²) in [6, 6.07) is 9.14. The predicted octanol–water partition coefficient (Wildman–Crippen LogP) is 2.81. The molecular weight excluding hydrogens is 334 g/mol. The highest BCUT2D eigenvalue weighted by Gasteiger charge is 2.18. The van der Waals surface area contributed by atoms with Gasteiger partial charge in [0.1, 0.15) is 0 Å². The number of hydrogen-bond acceptors (Lipinski definition) is 5. The van der Waals surface area contributed by atoms with Crippen LogP contribution in [0.5, 0.6) is 0 Å². The van der Waals surface area contributed by atoms with E-state index in [9.17, 15) is 9.59 Å². The van der Waals surface area contributed by atoms with Gasteiger partial charge in [0.2, 0.25) is 5.91 Å². The highest BCUT2D eigenvalue weighted by atomic mass is 32.2. The summed E-state index contributed by atoms with van der Waals surface area (Å²) in [5.41, 5.74) is 3.92. The van der Waals surface area contributed by atoms with Crippen LogP contribution >= 0.6 is 11.8 Å². The second-order valence-electron chi connectivity index (χ2n) is 6.01. The molecule has 0 saturated heterocycles. The lowest BCUT2D eigenvalue weighted by Crippen LogP contribution is -2.42. The van der Waals surface area contributed by atoms with Crippen LogP contribution in [0, 0.1) is 20.8 Å². The van der Waals surface area contributed by atoms with Crippen molar-refractivity contribution in [3.8, 4) is 0 Å². The van der Waals surface area contributed by atoms with Gasteiger partial charge in [0.05, 0.1) is 11.8 Å². The second kappa shape index (κ2) is 8.76. The predicted molar refractivity (Wildman–Crippen MR) is 99.7 cm³/mol. The maximum absolute atomic E-state index is 12.2. The lowest BCUT2D eigenvalue weighted by Gasteiger charge is -2.16. The zero-order valence-electron chi connectivity index (χ0n) is 15.0. The molecule has 2 aromatic rings. The van der Waals surface area contributed by atoms with Gasteiger partial charge < -0.3 is 5.32 Å². The maximum atomic E-state index is 12.2. The van der Waals surface area contributed by atoms with Crippen LogP contribution in [-0.2, 0) is 16.0 Å². The maximum Gasteiger partial charge on any atom is 0.231 e. The van der Waals surface area contributed by atoms with Crippen LogP contribution < -0.4 is 5.32 Å². The average molecular weight is 357 g/mol. The van der Waals surface area contributed by atoms with Crippen LogP contribution in [-0.4, -0.2) is 33.5 Å². The first-order chi connectivity index (χ1) is 11.9. The monoisotopic (exact) mass is 357 g/mol. The number of nitrogens with zero attached hydrogens (tertiary/aromatic N) is 2. The Bertz CT molecular complexity index is 740. The number of hydrogen-bond donors (Lipinski definition) is 1. The Morgan fingerprint density at radius 3 is 2.24 bits per heavy atom. The Hall–Kier alpha value is -2.21. The number of nitrogens with one attached hydrogen (secondary N) is 1. The van der Waals surface area contributed by atoms with Gasteiger partial charge in [-0.2, -0.15) is 0 Å². The van der Waals surface area contributed by atoms with Crippen LogP contribution in [0.4, 0.5) is 0 Å². The molecule has 5 nitrogen and oxygen atoms in total. The number of carbonyl (C=O) groups is 2. The van der Waals surface area contributed by atoms with Crippen molar-refractivity contribution < 1.29 is 9.59 Å². The molecule has 1 heterocycles. The molecule has 25 heavy (non-hydrogen) atoms. The third-order valence-electron chi connectivity index (χ3n) is 4.05. The summed E-state index contributed by atoms with van der Waals surface area (Å²) in [4.78, 5) is 32.8. The van der Waals surface area contributed by atoms with Crippen LogP contribution in [0.1, 0.15) is 29.4 Å². The first kappa shape index (κ1) is 19.1. The van der Waals surface area contributed by atoms with E-state index in [-0.39, 0.29) is 17.4 Å². The fourth-order valence-electron chi connectivity index (χ4n) is 2.32. The van der Waals surface area contributed by atoms with Gasteiger partial charge in [0, 0.05) is 11.4 Å². The summed E-state index contributed by atoms with van der Waals surface area (Å²) < 4.78 is 0. The molecule has 0 fully saturated rings. The van der Waals surface area contributed by atoms with Crippen molar-refractivity contribution in [1.29, 1.82) is 0 Å². The van der Waals surface area contributed by atoms with Crippen molar-refractivity contribution in [1.82, 2.24) is 15.3 Å². The zero-order chi connectivity index (χ0) is 18.4. The molecule has 0 aliphatic rings. The van der Waals surface area contributed by atoms with Crippen molar-refractivity contribution in [2.45, 2.75) is 45.3 Å². The number of thioether (sulfide) groups is 1. The van der Waals surface area contributed by atoms with E-state index < -0.39 is 6.04 Å². The molecule has 0 saturated carbocycles.